The van der Waals surface area contributed by atoms with Crippen molar-refractivity contribution in [3.63, 3.8) is 0 Å². The van der Waals surface area contributed by atoms with Crippen LogP contribution in [0.1, 0.15) is 0 Å². The van der Waals surface area contributed by atoms with Crippen LogP contribution in [0.4, 0.5) is 22.0 Å². The minimum absolute atomic E-state index is 2.92. The summed E-state index contributed by atoms with van der Waals surface area (Å²) in [5, 5.41) is -3.98. The van der Waals surface area contributed by atoms with Crippen LogP contribution >= 0.6 is 34.8 Å². The van der Waals surface area contributed by atoms with Crippen LogP contribution in [0.25, 0.3) is 0 Å². The van der Waals surface area contributed by atoms with E-state index in [0.29, 0.717) is 0 Å². The molecule has 0 N–H and O–H groups in total. The summed E-state index contributed by atoms with van der Waals surface area (Å²) in [6.07, 6.45) is -10.4. The van der Waals surface area contributed by atoms with E-state index in [1.807, 2.05) is 0 Å². The van der Waals surface area contributed by atoms with E-state index in [-0.39, 0.29) is 0 Å². The van der Waals surface area contributed by atoms with Crippen molar-refractivity contribution in [3.8, 4) is 0 Å². The molecule has 0 aromatic heterocycles. The third kappa shape index (κ3) is 1.76. The Bertz CT molecular complexity index is 205. The average Bonchev–Trinajstić information content (AvgIpc) is 1.78. The second kappa shape index (κ2) is 2.98. The molecule has 1 aliphatic rings. The molecule has 1 atom stereocenters. The van der Waals surface area contributed by atoms with Gasteiger partial charge in [-0.25, -0.2) is 0 Å². The van der Waals surface area contributed by atoms with E-state index in [0.717, 1.165) is 0 Å². The molecule has 0 aromatic carbocycles. The van der Waals surface area contributed by atoms with Crippen LogP contribution in [0.3, 0.4) is 0 Å². The summed E-state index contributed by atoms with van der Waals surface area (Å²) in [6, 6.07) is 0. The van der Waals surface area contributed by atoms with E-state index < -0.39 is 22.1 Å². The molecule has 0 radical (unpaired) electrons. The van der Waals surface area contributed by atoms with Crippen molar-refractivity contribution in [2.75, 3.05) is 0 Å². The number of ether oxygens (including phenoxy) is 2. The van der Waals surface area contributed by atoms with Gasteiger partial charge in [-0.2, -0.15) is 22.0 Å². The van der Waals surface area contributed by atoms with Crippen LogP contribution in [0.15, 0.2) is 0 Å². The molecular formula is C4Cl3F5O2. The lowest BCUT2D eigenvalue weighted by Gasteiger charge is -2.42. The predicted molar refractivity (Wildman–Crippen MR) is 36.2 cm³/mol. The van der Waals surface area contributed by atoms with Crippen LogP contribution in [0.5, 0.6) is 0 Å². The van der Waals surface area contributed by atoms with Crippen molar-refractivity contribution in [2.45, 2.75) is 22.1 Å². The molecule has 1 rings (SSSR count). The van der Waals surface area contributed by atoms with Gasteiger partial charge in [0.1, 0.15) is 0 Å². The fraction of sp³-hybridized carbons (Fsp3) is 1.00. The van der Waals surface area contributed by atoms with Crippen molar-refractivity contribution >= 4 is 34.8 Å². The Balaban J connectivity index is 3.07. The molecule has 0 aliphatic carbocycles. The molecule has 0 amide bonds. The highest BCUT2D eigenvalue weighted by atomic mass is 35.5. The van der Waals surface area contributed by atoms with Gasteiger partial charge in [0.15, 0.2) is 0 Å². The van der Waals surface area contributed by atoms with E-state index in [1.165, 1.54) is 0 Å². The first kappa shape index (κ1) is 12.5. The third-order valence-corrected chi connectivity index (χ3v) is 2.37. The first-order chi connectivity index (χ1) is 5.91. The Labute approximate surface area is 88.8 Å². The summed E-state index contributed by atoms with van der Waals surface area (Å²) >= 11 is 14.1. The number of halogens is 8. The van der Waals surface area contributed by atoms with Crippen molar-refractivity contribution < 1.29 is 31.4 Å². The predicted octanol–water partition coefficient (Wildman–Crippen LogP) is 3.21. The minimum Gasteiger partial charge on any atom is -0.270 e. The molecule has 1 saturated heterocycles. The monoisotopic (exact) mass is 280 g/mol. The third-order valence-electron chi connectivity index (χ3n) is 1.19. The Morgan fingerprint density at radius 1 is 0.714 bits per heavy atom. The van der Waals surface area contributed by atoms with Crippen molar-refractivity contribution in [1.29, 1.82) is 0 Å². The zero-order chi connectivity index (χ0) is 11.4. The molecule has 1 unspecified atom stereocenters. The fourth-order valence-electron chi connectivity index (χ4n) is 0.560. The fourth-order valence-corrected chi connectivity index (χ4v) is 0.966. The molecule has 1 heterocycles. The molecule has 1 aliphatic heterocycles. The summed E-state index contributed by atoms with van der Waals surface area (Å²) in [6.45, 7) is 0. The SMILES string of the molecule is FC1(F)OC(F)(Cl)C(Cl)(Cl)OC1(F)F. The van der Waals surface area contributed by atoms with Gasteiger partial charge < -0.3 is 0 Å². The highest BCUT2D eigenvalue weighted by molar-refractivity contribution is 6.51. The quantitative estimate of drug-likeness (QED) is 0.501. The normalized spacial score (nSPS) is 39.4. The molecule has 84 valence electrons. The number of hydrogen-bond donors (Lipinski definition) is 0. The van der Waals surface area contributed by atoms with Crippen LogP contribution in [-0.4, -0.2) is 22.1 Å². The molecule has 0 bridgehead atoms. The van der Waals surface area contributed by atoms with Gasteiger partial charge in [0, 0.05) is 0 Å². The number of hydrogen-bond acceptors (Lipinski definition) is 2. The molecule has 0 spiro atoms. The van der Waals surface area contributed by atoms with E-state index in [1.54, 1.807) is 0 Å². The van der Waals surface area contributed by atoms with Crippen LogP contribution in [-0.2, 0) is 9.47 Å². The maximum atomic E-state index is 12.8. The molecule has 2 nitrogen and oxygen atoms in total. The summed E-state index contributed by atoms with van der Waals surface area (Å²) in [4.78, 5) is 0. The first-order valence-corrected chi connectivity index (χ1v) is 3.96. The minimum atomic E-state index is -5.27. The molecule has 14 heavy (non-hydrogen) atoms. The Morgan fingerprint density at radius 2 is 1.07 bits per heavy atom. The van der Waals surface area contributed by atoms with Crippen LogP contribution < -0.4 is 0 Å². The van der Waals surface area contributed by atoms with Gasteiger partial charge in [0.25, 0.3) is 4.52 Å². The van der Waals surface area contributed by atoms with Crippen LogP contribution in [0.2, 0.25) is 0 Å². The number of rotatable bonds is 0. The lowest BCUT2D eigenvalue weighted by atomic mass is 10.5. The van der Waals surface area contributed by atoms with E-state index in [4.69, 9.17) is 23.2 Å². The van der Waals surface area contributed by atoms with Gasteiger partial charge in [-0.15, -0.1) is 0 Å². The van der Waals surface area contributed by atoms with Crippen molar-refractivity contribution in [2.24, 2.45) is 0 Å². The zero-order valence-electron chi connectivity index (χ0n) is 5.84. The molecule has 0 aromatic rings. The Hall–Kier alpha value is 0.440. The van der Waals surface area contributed by atoms with Crippen LogP contribution in [0, 0.1) is 0 Å². The van der Waals surface area contributed by atoms with Gasteiger partial charge in [0.2, 0.25) is 0 Å². The van der Waals surface area contributed by atoms with E-state index >= 15 is 0 Å². The van der Waals surface area contributed by atoms with Gasteiger partial charge in [-0.3, -0.25) is 9.47 Å². The molecular weight excluding hydrogens is 281 g/mol. The zero-order valence-corrected chi connectivity index (χ0v) is 8.11. The van der Waals surface area contributed by atoms with E-state index in [2.05, 4.69) is 21.1 Å². The Kier molecular flexibility index (Phi) is 2.66. The van der Waals surface area contributed by atoms with Gasteiger partial charge in [-0.1, -0.05) is 23.2 Å². The maximum Gasteiger partial charge on any atom is 0.452 e. The highest BCUT2D eigenvalue weighted by Gasteiger charge is 2.76. The Morgan fingerprint density at radius 3 is 1.43 bits per heavy atom. The molecule has 10 heteroatoms. The second-order valence-corrected chi connectivity index (χ2v) is 4.02. The summed E-state index contributed by atoms with van der Waals surface area (Å²) in [7, 11) is 0. The van der Waals surface area contributed by atoms with Crippen molar-refractivity contribution in [1.82, 2.24) is 0 Å². The first-order valence-electron chi connectivity index (χ1n) is 2.83. The summed E-state index contributed by atoms with van der Waals surface area (Å²) in [5.74, 6) is 0. The summed E-state index contributed by atoms with van der Waals surface area (Å²) < 4.78 is 64.6. The summed E-state index contributed by atoms with van der Waals surface area (Å²) in [5.41, 5.74) is 0. The molecule has 1 fully saturated rings. The van der Waals surface area contributed by atoms with E-state index in [9.17, 15) is 22.0 Å². The van der Waals surface area contributed by atoms with Gasteiger partial charge >= 0.3 is 17.5 Å². The lowest BCUT2D eigenvalue weighted by Crippen LogP contribution is -2.62. The average molecular weight is 281 g/mol. The van der Waals surface area contributed by atoms with Crippen molar-refractivity contribution in [3.05, 3.63) is 0 Å². The highest BCUT2D eigenvalue weighted by Crippen LogP contribution is 2.56. The smallest absolute Gasteiger partial charge is 0.270 e. The largest absolute Gasteiger partial charge is 0.452 e. The lowest BCUT2D eigenvalue weighted by molar-refractivity contribution is -0.507. The van der Waals surface area contributed by atoms with Gasteiger partial charge in [0.05, 0.1) is 0 Å². The standard InChI is InChI=1S/C4Cl3F5O2/c5-1(6)2(7,8)14-4(11,12)3(9,10)13-1. The maximum absolute atomic E-state index is 12.8. The molecule has 0 saturated carbocycles. The second-order valence-electron chi connectivity index (χ2n) is 2.27. The topological polar surface area (TPSA) is 18.5 Å². The van der Waals surface area contributed by atoms with Gasteiger partial charge in [-0.05, 0) is 11.6 Å². The number of alkyl halides is 8.